The van der Waals surface area contributed by atoms with E-state index in [1.807, 2.05) is 0 Å². The average molecular weight is 721 g/mol. The molecule has 214 valence electrons. The second kappa shape index (κ2) is 14.2. The van der Waals surface area contributed by atoms with Crippen molar-refractivity contribution in [1.29, 1.82) is 0 Å². The first-order valence-corrected chi connectivity index (χ1v) is 21.3. The first kappa shape index (κ1) is 31.3. The van der Waals surface area contributed by atoms with Crippen molar-refractivity contribution in [1.82, 2.24) is 0 Å². The molecule has 0 radical (unpaired) electrons. The van der Waals surface area contributed by atoms with E-state index in [9.17, 15) is 0 Å². The van der Waals surface area contributed by atoms with Crippen LogP contribution < -0.4 is 58.3 Å². The number of halogens is 1. The highest BCUT2D eigenvalue weighted by atomic mass is 79.9. The lowest BCUT2D eigenvalue weighted by Crippen LogP contribution is -3.00. The maximum atomic E-state index is 2.37. The Hall–Kier alpha value is -2.70. The second-order valence-corrected chi connectivity index (χ2v) is 22.7. The highest BCUT2D eigenvalue weighted by molar-refractivity contribution is 8.24. The van der Waals surface area contributed by atoms with Crippen LogP contribution in [0.25, 0.3) is 0 Å². The molecule has 0 aliphatic rings. The second-order valence-electron chi connectivity index (χ2n) is 10.3. The molecule has 0 N–H and O–H groups in total. The van der Waals surface area contributed by atoms with Crippen molar-refractivity contribution in [2.75, 3.05) is 0 Å². The molecule has 0 saturated carbocycles. The van der Waals surface area contributed by atoms with Crippen LogP contribution in [0.4, 0.5) is 0 Å². The van der Waals surface area contributed by atoms with Crippen molar-refractivity contribution in [3.8, 4) is 0 Å². The van der Waals surface area contributed by atoms with Gasteiger partial charge in [-0.2, -0.15) is 0 Å². The summed E-state index contributed by atoms with van der Waals surface area (Å²) in [7, 11) is -0.0210. The number of hydrogen-bond donors (Lipinski definition) is 0. The minimum Gasteiger partial charge on any atom is -1.00 e. The Labute approximate surface area is 277 Å². The van der Waals surface area contributed by atoms with Gasteiger partial charge in [0.15, 0.2) is 0 Å². The van der Waals surface area contributed by atoms with Crippen LogP contribution in [0.3, 0.4) is 0 Å². The molecule has 0 nitrogen and oxygen atoms in total. The number of rotatable bonds is 8. The lowest BCUT2D eigenvalue weighted by Gasteiger charge is -2.30. The largest absolute Gasteiger partial charge is 1.00 e. The lowest BCUT2D eigenvalue weighted by molar-refractivity contribution is -0.00000779. The van der Waals surface area contributed by atoms with Gasteiger partial charge >= 0.3 is 0 Å². The van der Waals surface area contributed by atoms with Crippen LogP contribution in [-0.2, 0) is 0 Å². The van der Waals surface area contributed by atoms with Gasteiger partial charge in [0.05, 0.1) is 0 Å². The Balaban J connectivity index is 0.00000343. The van der Waals surface area contributed by atoms with Crippen LogP contribution >= 0.6 is 38.5 Å². The van der Waals surface area contributed by atoms with Gasteiger partial charge in [-0.3, -0.25) is 0 Å². The third-order valence-corrected chi connectivity index (χ3v) is 25.8. The van der Waals surface area contributed by atoms with Gasteiger partial charge in [-0.15, -0.1) is 8.19 Å². The van der Waals surface area contributed by atoms with Crippen LogP contribution in [0, 0.1) is 0 Å². The van der Waals surface area contributed by atoms with E-state index in [-0.39, 0.29) is 17.0 Å². The molecule has 6 aromatic carbocycles. The van der Waals surface area contributed by atoms with Gasteiger partial charge in [0.2, 0.25) is 0 Å². The van der Waals surface area contributed by atoms with Crippen molar-refractivity contribution in [2.24, 2.45) is 0 Å². The molecule has 0 unspecified atom stereocenters. The third kappa shape index (κ3) is 5.51. The monoisotopic (exact) mass is 720 g/mol. The molecule has 7 rings (SSSR count). The molecule has 0 aliphatic heterocycles. The molecule has 1 heterocycles. The quantitative estimate of drug-likeness (QED) is 0.185. The molecule has 0 atom stereocenters. The molecule has 0 amide bonds. The summed E-state index contributed by atoms with van der Waals surface area (Å²) in [4.78, 5) is 0. The molecular formula is C38H30BrP5. The summed E-state index contributed by atoms with van der Waals surface area (Å²) < 4.78 is 3.25. The summed E-state index contributed by atoms with van der Waals surface area (Å²) in [6.45, 7) is 0. The zero-order valence-corrected chi connectivity index (χ0v) is 30.0. The van der Waals surface area contributed by atoms with Crippen molar-refractivity contribution in [3.63, 3.8) is 0 Å². The molecular weight excluding hydrogens is 691 g/mol. The molecule has 0 bridgehead atoms. The molecule has 0 aliphatic carbocycles. The standard InChI is InChI=1S/C38H30P5.BrH/c1-7-19-31(20-8-1)42(32-21-9-2-10-22-32,33-23-11-3-12-24-33)37-39-38(41-40-37)43(34-25-13-4-14-26-34,35-27-15-5-16-28-35)36-29-17-6-18-30-36;/h1-30H;1H/q+1;/p-1. The van der Waals surface area contributed by atoms with E-state index >= 15 is 0 Å². The minimum atomic E-state index is -2.10. The lowest BCUT2D eigenvalue weighted by atomic mass is 10.4. The van der Waals surface area contributed by atoms with Gasteiger partial charge < -0.3 is 17.0 Å². The maximum absolute atomic E-state index is 2.37. The fourth-order valence-corrected chi connectivity index (χ4v) is 27.6. The Morgan fingerprint density at radius 1 is 0.295 bits per heavy atom. The molecule has 6 heteroatoms. The van der Waals surface area contributed by atoms with Crippen LogP contribution in [-0.4, -0.2) is 0 Å². The minimum absolute atomic E-state index is 0. The highest BCUT2D eigenvalue weighted by Gasteiger charge is 2.50. The first-order valence-electron chi connectivity index (χ1n) is 14.3. The maximum Gasteiger partial charge on any atom is 0.127 e. The van der Waals surface area contributed by atoms with Crippen LogP contribution in [0.5, 0.6) is 0 Å². The Kier molecular flexibility index (Phi) is 10.1. The van der Waals surface area contributed by atoms with Crippen molar-refractivity contribution in [2.45, 2.75) is 0 Å². The van der Waals surface area contributed by atoms with Crippen LogP contribution in [0.15, 0.2) is 182 Å². The topological polar surface area (TPSA) is 0 Å². The molecule has 7 aromatic rings. The summed E-state index contributed by atoms with van der Waals surface area (Å²) >= 11 is 0. The predicted octanol–water partition coefficient (Wildman–Crippen LogP) is 5.39. The summed E-state index contributed by atoms with van der Waals surface area (Å²) in [5.74, 6) is 0. The summed E-state index contributed by atoms with van der Waals surface area (Å²) in [6, 6.07) is 68.0. The van der Waals surface area contributed by atoms with Gasteiger partial charge in [-0.1, -0.05) is 109 Å². The average Bonchev–Trinajstić information content (AvgIpc) is 3.59. The SMILES string of the molecule is [Br-].c1ccc([P+](c2ccccc2)(c2ccccc2)c2ppc([P+](c3ccccc3)(c3ccccc3)c3ccccc3)[p-]2)cc1. The number of benzene rings is 6. The van der Waals surface area contributed by atoms with E-state index < -0.39 is 14.5 Å². The van der Waals surface area contributed by atoms with Gasteiger partial charge in [-0.05, 0) is 72.8 Å². The fourth-order valence-electron chi connectivity index (χ4n) is 6.00. The normalized spacial score (nSPS) is 12.0. The molecule has 0 saturated heterocycles. The molecule has 1 aromatic heterocycles. The summed E-state index contributed by atoms with van der Waals surface area (Å²) in [6.07, 6.45) is 0. The van der Waals surface area contributed by atoms with E-state index in [1.54, 1.807) is 9.54 Å². The van der Waals surface area contributed by atoms with Gasteiger partial charge in [0, 0.05) is 9.54 Å². The fraction of sp³-hybridized carbons (Fsp3) is 0. The summed E-state index contributed by atoms with van der Waals surface area (Å²) in [5, 5.41) is 8.59. The Bertz CT molecular complexity index is 1560. The summed E-state index contributed by atoms with van der Waals surface area (Å²) in [5.41, 5.74) is 0. The predicted molar refractivity (Wildman–Crippen MR) is 199 cm³/mol. The van der Waals surface area contributed by atoms with Gasteiger partial charge in [0.1, 0.15) is 46.4 Å². The van der Waals surface area contributed by atoms with Gasteiger partial charge in [0.25, 0.3) is 0 Å². The Morgan fingerprint density at radius 3 is 0.659 bits per heavy atom. The smallest absolute Gasteiger partial charge is 0.127 e. The van der Waals surface area contributed by atoms with Crippen LogP contribution in [0.2, 0.25) is 0 Å². The molecule has 0 spiro atoms. The molecule has 44 heavy (non-hydrogen) atoms. The molecule has 0 fully saturated rings. The first-order chi connectivity index (χ1) is 21.3. The van der Waals surface area contributed by atoms with E-state index in [1.165, 1.54) is 55.8 Å². The van der Waals surface area contributed by atoms with E-state index in [4.69, 9.17) is 0 Å². The van der Waals surface area contributed by atoms with Crippen molar-refractivity contribution in [3.05, 3.63) is 182 Å². The Morgan fingerprint density at radius 2 is 0.477 bits per heavy atom. The highest BCUT2D eigenvalue weighted by Crippen LogP contribution is 2.64. The van der Waals surface area contributed by atoms with E-state index in [0.717, 1.165) is 0 Å². The third-order valence-electron chi connectivity index (χ3n) is 7.89. The zero-order chi connectivity index (χ0) is 29.0. The number of hydrogen-bond acceptors (Lipinski definition) is 0. The van der Waals surface area contributed by atoms with E-state index in [0.29, 0.717) is 0 Å². The van der Waals surface area contributed by atoms with E-state index in [2.05, 4.69) is 182 Å². The zero-order valence-electron chi connectivity index (χ0n) is 23.9. The van der Waals surface area contributed by atoms with Gasteiger partial charge in [-0.25, -0.2) is 15.7 Å². The van der Waals surface area contributed by atoms with Crippen LogP contribution in [0.1, 0.15) is 0 Å². The van der Waals surface area contributed by atoms with Crippen molar-refractivity contribution >= 4 is 79.8 Å². The van der Waals surface area contributed by atoms with Crippen molar-refractivity contribution < 1.29 is 17.0 Å².